The first-order chi connectivity index (χ1) is 36.1. The molecular formula is C52H64F4N2O16S3-2. The van der Waals surface area contributed by atoms with Gasteiger partial charge in [-0.25, -0.2) is 38.6 Å². The van der Waals surface area contributed by atoms with Crippen LogP contribution in [0.5, 0.6) is 5.75 Å². The van der Waals surface area contributed by atoms with E-state index in [1.165, 1.54) is 12.1 Å². The number of ether oxygens (including phenoxy) is 5. The first-order valence-corrected chi connectivity index (χ1v) is 29.3. The average molecular weight is 1150 g/mol. The minimum Gasteiger partial charge on any atom is -0.748 e. The number of halogens is 4. The number of unbranched alkanes of at least 4 members (excludes halogenated alkanes) is 2. The molecule has 0 amide bonds. The molecule has 1 atom stereocenters. The zero-order valence-corrected chi connectivity index (χ0v) is 45.9. The molecule has 25 heteroatoms. The number of carbonyl (C=O) groups excluding carboxylic acids is 1. The normalized spacial score (nSPS) is 16.3. The van der Waals surface area contributed by atoms with Gasteiger partial charge in [-0.05, 0) is 80.1 Å². The Labute approximate surface area is 446 Å². The Morgan fingerprint density at radius 1 is 0.753 bits per heavy atom. The van der Waals surface area contributed by atoms with E-state index in [1.807, 2.05) is 48.4 Å². The summed E-state index contributed by atoms with van der Waals surface area (Å²) in [5, 5.41) is 0.650. The highest BCUT2D eigenvalue weighted by atomic mass is 32.2. The number of methoxy groups -OCH3 is 1. The zero-order chi connectivity index (χ0) is 56.8. The lowest BCUT2D eigenvalue weighted by atomic mass is 9.77. The van der Waals surface area contributed by atoms with Gasteiger partial charge in [0.1, 0.15) is 34.8 Å². The van der Waals surface area contributed by atoms with E-state index >= 15 is 0 Å². The maximum absolute atomic E-state index is 14.2. The van der Waals surface area contributed by atoms with Gasteiger partial charge in [-0.1, -0.05) is 39.3 Å². The predicted molar refractivity (Wildman–Crippen MR) is 273 cm³/mol. The highest BCUT2D eigenvalue weighted by molar-refractivity contribution is 7.86. The number of nitrogens with zero attached hydrogens (tertiary/aromatic N) is 2. The van der Waals surface area contributed by atoms with E-state index < -0.39 is 99.0 Å². The van der Waals surface area contributed by atoms with Crippen LogP contribution in [0.2, 0.25) is 0 Å². The van der Waals surface area contributed by atoms with E-state index in [9.17, 15) is 61.3 Å². The molecule has 3 aliphatic rings. The molecule has 0 aromatic heterocycles. The highest BCUT2D eigenvalue weighted by Crippen LogP contribution is 2.51. The molecule has 5 rings (SSSR count). The third kappa shape index (κ3) is 18.5. The zero-order valence-electron chi connectivity index (χ0n) is 43.4. The van der Waals surface area contributed by atoms with Crippen LogP contribution in [0.15, 0.2) is 75.7 Å². The van der Waals surface area contributed by atoms with Crippen molar-refractivity contribution in [2.45, 2.75) is 88.4 Å². The fraction of sp³-hybridized carbons (Fsp3) is 0.500. The van der Waals surface area contributed by atoms with Crippen molar-refractivity contribution in [2.75, 3.05) is 89.4 Å². The number of rotatable bonds is 30. The van der Waals surface area contributed by atoms with Crippen LogP contribution in [0.3, 0.4) is 0 Å². The van der Waals surface area contributed by atoms with Gasteiger partial charge in [0, 0.05) is 77.9 Å². The standard InChI is InChI=1S/C52H66F4N2O16S3/c1-51(2,3)46-32-36(39-17-15-37(33-44(39)73-46)57(20-11-31-76(63,64)65)22-23-70-26-27-72-29-28-71-25-24-69-5)12-9-13-45-52(4,19-10-30-75(60,61)62)40-34-38(77(66,67)68)16-18-43(40)58(45)21-8-6-7-14-47(59)74-50-48(55)41(53)35-42(54)49(50)56/h9,12-13,15-18,32-35H,6-8,10-11,14,19-31H2,1-5H3,(H2-,60,61,62,63,64,65,66,67,68)/p-2. The summed E-state index contributed by atoms with van der Waals surface area (Å²) in [5.41, 5.74) is 0.956. The average Bonchev–Trinajstić information content (AvgIpc) is 3.60. The third-order valence-corrected chi connectivity index (χ3v) is 14.9. The summed E-state index contributed by atoms with van der Waals surface area (Å²) in [6.07, 6.45) is 5.45. The number of esters is 1. The number of anilines is 1. The lowest BCUT2D eigenvalue weighted by Gasteiger charge is -2.31. The van der Waals surface area contributed by atoms with E-state index in [2.05, 4.69) is 4.74 Å². The van der Waals surface area contributed by atoms with Crippen molar-refractivity contribution in [1.29, 1.82) is 0 Å². The Kier molecular flexibility index (Phi) is 22.6. The van der Waals surface area contributed by atoms with Gasteiger partial charge >= 0.3 is 5.97 Å². The van der Waals surface area contributed by atoms with Crippen LogP contribution in [0.1, 0.15) is 89.5 Å². The number of fused-ring (bicyclic) bond motifs is 2. The van der Waals surface area contributed by atoms with Crippen LogP contribution >= 0.6 is 0 Å². The third-order valence-electron chi connectivity index (χ3n) is 12.5. The minimum atomic E-state index is -4.99. The Balaban J connectivity index is 1.49. The van der Waals surface area contributed by atoms with Crippen molar-refractivity contribution in [3.05, 3.63) is 112 Å². The quantitative estimate of drug-likeness (QED) is 0.00999. The van der Waals surface area contributed by atoms with Gasteiger partial charge in [0.15, 0.2) is 18.2 Å². The summed E-state index contributed by atoms with van der Waals surface area (Å²) in [7, 11) is -12.6. The summed E-state index contributed by atoms with van der Waals surface area (Å²) < 4.78 is 198. The summed E-state index contributed by atoms with van der Waals surface area (Å²) in [5.74, 6) is -10.2. The Bertz CT molecular complexity index is 3120. The van der Waals surface area contributed by atoms with Gasteiger partial charge < -0.3 is 46.7 Å². The molecule has 0 bridgehead atoms. The molecule has 77 heavy (non-hydrogen) atoms. The van der Waals surface area contributed by atoms with E-state index in [0.717, 1.165) is 6.07 Å². The van der Waals surface area contributed by atoms with Crippen molar-refractivity contribution in [1.82, 2.24) is 4.58 Å². The number of benzene rings is 3. The van der Waals surface area contributed by atoms with Crippen molar-refractivity contribution in [3.63, 3.8) is 0 Å². The van der Waals surface area contributed by atoms with Crippen molar-refractivity contribution >= 4 is 48.1 Å². The van der Waals surface area contributed by atoms with Crippen molar-refractivity contribution < 1.29 is 89.4 Å². The maximum Gasteiger partial charge on any atom is 0.311 e. The van der Waals surface area contributed by atoms with E-state index in [4.69, 9.17) is 23.4 Å². The second-order valence-corrected chi connectivity index (χ2v) is 23.8. The van der Waals surface area contributed by atoms with Gasteiger partial charge in [0.2, 0.25) is 22.7 Å². The lowest BCUT2D eigenvalue weighted by Crippen LogP contribution is -2.35. The van der Waals surface area contributed by atoms with Crippen molar-refractivity contribution in [3.8, 4) is 17.1 Å². The van der Waals surface area contributed by atoms with Gasteiger partial charge in [0.25, 0.3) is 0 Å². The SMILES string of the molecule is COCCOCCOCCOCC[N+](CCCS(=O)(=O)[O-])=c1ccc2c(/C=C/C=C3\N(CCCCCC(=O)Oc4c(F)c(F)cc(F)c4F)c4ccc(S(=O)(=O)[O-])cc4C3(C)CCCS(=O)(=O)[O-])cc(C(C)(C)C)oc-2c1. The van der Waals surface area contributed by atoms with Gasteiger partial charge in [-0.2, -0.15) is 8.78 Å². The maximum atomic E-state index is 14.2. The second kappa shape index (κ2) is 27.7. The Morgan fingerprint density at radius 2 is 1.38 bits per heavy atom. The predicted octanol–water partition coefficient (Wildman–Crippen LogP) is 6.71. The highest BCUT2D eigenvalue weighted by Gasteiger charge is 2.43. The number of allylic oxidation sites excluding steroid dienone is 3. The van der Waals surface area contributed by atoms with Crippen LogP contribution in [0.4, 0.5) is 23.2 Å². The number of hydrogen-bond acceptors (Lipinski definition) is 17. The molecule has 0 saturated heterocycles. The van der Waals surface area contributed by atoms with Gasteiger partial charge in [0.05, 0.1) is 70.8 Å². The molecule has 0 N–H and O–H groups in total. The molecule has 0 fully saturated rings. The van der Waals surface area contributed by atoms with Crippen LogP contribution in [-0.4, -0.2) is 129 Å². The summed E-state index contributed by atoms with van der Waals surface area (Å²) >= 11 is 0. The molecule has 0 saturated carbocycles. The molecule has 2 heterocycles. The molecule has 2 aliphatic heterocycles. The molecular weight excluding hydrogens is 1080 g/mol. The molecule has 426 valence electrons. The van der Waals surface area contributed by atoms with Crippen molar-refractivity contribution in [2.24, 2.45) is 0 Å². The van der Waals surface area contributed by atoms with E-state index in [1.54, 1.807) is 38.3 Å². The molecule has 18 nitrogen and oxygen atoms in total. The molecule has 2 aromatic carbocycles. The van der Waals surface area contributed by atoms with Crippen LogP contribution < -0.4 is 19.6 Å². The summed E-state index contributed by atoms with van der Waals surface area (Å²) in [6, 6.07) is 11.1. The lowest BCUT2D eigenvalue weighted by molar-refractivity contribution is -0.135. The fourth-order valence-corrected chi connectivity index (χ4v) is 10.1. The smallest absolute Gasteiger partial charge is 0.311 e. The molecule has 2 aromatic rings. The Hall–Kier alpha value is -5.09. The Morgan fingerprint density at radius 3 is 1.99 bits per heavy atom. The number of hydrogen-bond donors (Lipinski definition) is 0. The largest absolute Gasteiger partial charge is 0.748 e. The molecule has 0 spiro atoms. The summed E-state index contributed by atoms with van der Waals surface area (Å²) in [4.78, 5) is 13.8. The van der Waals surface area contributed by atoms with Gasteiger partial charge in [-0.3, -0.25) is 4.79 Å². The second-order valence-electron chi connectivity index (χ2n) is 19.4. The topological polar surface area (TPSA) is 254 Å². The van der Waals surface area contributed by atoms with Crippen LogP contribution in [0.25, 0.3) is 17.4 Å². The monoisotopic (exact) mass is 1140 g/mol. The summed E-state index contributed by atoms with van der Waals surface area (Å²) in [6.45, 7) is 10.8. The fourth-order valence-electron chi connectivity index (χ4n) is 8.62. The van der Waals surface area contributed by atoms with E-state index in [-0.39, 0.29) is 64.5 Å². The first kappa shape index (κ1) is 62.7. The molecule has 1 aliphatic carbocycles. The first-order valence-electron chi connectivity index (χ1n) is 24.7. The van der Waals surface area contributed by atoms with Crippen LogP contribution in [0, 0.1) is 23.3 Å². The molecule has 0 radical (unpaired) electrons. The molecule has 1 unspecified atom stereocenters. The number of carbonyl (C=O) groups is 1. The van der Waals surface area contributed by atoms with Gasteiger partial charge in [-0.15, -0.1) is 0 Å². The minimum absolute atomic E-state index is 0.00488. The van der Waals surface area contributed by atoms with E-state index in [0.29, 0.717) is 91.0 Å². The van der Waals surface area contributed by atoms with Crippen LogP contribution in [-0.2, 0) is 64.9 Å².